The van der Waals surface area contributed by atoms with E-state index in [1.54, 1.807) is 0 Å². The van der Waals surface area contributed by atoms with Gasteiger partial charge in [0.05, 0.1) is 0 Å². The van der Waals surface area contributed by atoms with E-state index in [1.807, 2.05) is 48.2 Å². The molecule has 0 saturated carbocycles. The van der Waals surface area contributed by atoms with Crippen LogP contribution in [0.1, 0.15) is 121 Å². The molecule has 0 bridgehead atoms. The summed E-state index contributed by atoms with van der Waals surface area (Å²) in [5.74, 6) is 0. The molecule has 1 N–H and O–H groups in total. The minimum Gasteiger partial charge on any atom is -0.320 e. The molecule has 4 heteroatoms. The Bertz CT molecular complexity index is 855. The van der Waals surface area contributed by atoms with E-state index in [9.17, 15) is 4.79 Å². The summed E-state index contributed by atoms with van der Waals surface area (Å²) in [5.41, 5.74) is 2.90. The zero-order chi connectivity index (χ0) is 26.6. The summed E-state index contributed by atoms with van der Waals surface area (Å²) < 4.78 is 0. The number of carbonyl (C=O) groups is 1. The number of nitrogens with one attached hydrogen (secondary N) is 1. The van der Waals surface area contributed by atoms with Crippen LogP contribution in [0, 0.1) is 6.92 Å². The van der Waals surface area contributed by atoms with Crippen molar-refractivity contribution in [2.24, 2.45) is 0 Å². The summed E-state index contributed by atoms with van der Waals surface area (Å²) in [6.45, 7) is 5.63. The second kappa shape index (κ2) is 20.0. The third-order valence-corrected chi connectivity index (χ3v) is 7.62. The molecule has 0 aromatic heterocycles. The van der Waals surface area contributed by atoms with Crippen molar-refractivity contribution in [3.8, 4) is 0 Å². The standard InChI is InChI=1S/C33H51ClN2O/c1-3-4-5-6-7-8-9-10-11-12-13-14-15-16-17-21-26-36(28-30-22-19-18-20-23-30)33(37)35-31-25-24-29(2)32(34)27-31/h18-20,22-25,27H,3-17,21,26,28H2,1-2H3,(H,35,37). The highest BCUT2D eigenvalue weighted by Crippen LogP contribution is 2.21. The van der Waals surface area contributed by atoms with Crippen molar-refractivity contribution < 1.29 is 4.79 Å². The van der Waals surface area contributed by atoms with Crippen LogP contribution in [0.15, 0.2) is 48.5 Å². The monoisotopic (exact) mass is 526 g/mol. The summed E-state index contributed by atoms with van der Waals surface area (Å²) in [7, 11) is 0. The van der Waals surface area contributed by atoms with Crippen molar-refractivity contribution in [1.29, 1.82) is 0 Å². The third kappa shape index (κ3) is 14.5. The second-order valence-corrected chi connectivity index (χ2v) is 11.0. The van der Waals surface area contributed by atoms with Crippen LogP contribution in [-0.4, -0.2) is 17.5 Å². The number of halogens is 1. The topological polar surface area (TPSA) is 32.3 Å². The van der Waals surface area contributed by atoms with Gasteiger partial charge < -0.3 is 10.2 Å². The quantitative estimate of drug-likeness (QED) is 0.171. The van der Waals surface area contributed by atoms with Crippen LogP contribution in [0.2, 0.25) is 5.02 Å². The first kappa shape index (κ1) is 31.2. The summed E-state index contributed by atoms with van der Waals surface area (Å²) in [4.78, 5) is 15.0. The molecule has 0 saturated heterocycles. The van der Waals surface area contributed by atoms with Gasteiger partial charge in [0, 0.05) is 23.8 Å². The number of hydrogen-bond donors (Lipinski definition) is 1. The van der Waals surface area contributed by atoms with Crippen molar-refractivity contribution in [3.05, 3.63) is 64.7 Å². The fourth-order valence-corrected chi connectivity index (χ4v) is 4.96. The van der Waals surface area contributed by atoms with E-state index < -0.39 is 0 Å². The second-order valence-electron chi connectivity index (χ2n) is 10.6. The summed E-state index contributed by atoms with van der Waals surface area (Å²) in [6.07, 6.45) is 21.6. The number of hydrogen-bond acceptors (Lipinski definition) is 1. The largest absolute Gasteiger partial charge is 0.322 e. The molecule has 3 nitrogen and oxygen atoms in total. The van der Waals surface area contributed by atoms with Gasteiger partial charge in [-0.15, -0.1) is 0 Å². The Morgan fingerprint density at radius 3 is 1.76 bits per heavy atom. The molecule has 0 aliphatic carbocycles. The highest BCUT2D eigenvalue weighted by Gasteiger charge is 2.14. The van der Waals surface area contributed by atoms with Crippen LogP contribution in [0.5, 0.6) is 0 Å². The molecule has 0 unspecified atom stereocenters. The predicted octanol–water partition coefficient (Wildman–Crippen LogP) is 10.9. The van der Waals surface area contributed by atoms with Crippen LogP contribution < -0.4 is 5.32 Å². The Hall–Kier alpha value is -2.00. The Kier molecular flexibility index (Phi) is 16.9. The Morgan fingerprint density at radius 1 is 0.730 bits per heavy atom. The average Bonchev–Trinajstić information content (AvgIpc) is 2.90. The molecule has 2 aromatic carbocycles. The fourth-order valence-electron chi connectivity index (χ4n) is 4.78. The highest BCUT2D eigenvalue weighted by molar-refractivity contribution is 6.31. The van der Waals surface area contributed by atoms with Gasteiger partial charge in [-0.05, 0) is 36.6 Å². The van der Waals surface area contributed by atoms with E-state index in [2.05, 4.69) is 24.4 Å². The van der Waals surface area contributed by atoms with Crippen molar-refractivity contribution >= 4 is 23.3 Å². The Labute approximate surface area is 232 Å². The van der Waals surface area contributed by atoms with Crippen LogP contribution in [0.3, 0.4) is 0 Å². The molecule has 0 radical (unpaired) electrons. The number of aryl methyl sites for hydroxylation is 1. The molecule has 2 amide bonds. The molecule has 0 aliphatic heterocycles. The van der Waals surface area contributed by atoms with Gasteiger partial charge in [-0.3, -0.25) is 0 Å². The lowest BCUT2D eigenvalue weighted by Gasteiger charge is -2.23. The van der Waals surface area contributed by atoms with Crippen molar-refractivity contribution in [3.63, 3.8) is 0 Å². The maximum Gasteiger partial charge on any atom is 0.322 e. The van der Waals surface area contributed by atoms with Crippen LogP contribution in [-0.2, 0) is 6.54 Å². The average molecular weight is 527 g/mol. The fraction of sp³-hybridized carbons (Fsp3) is 0.606. The number of rotatable bonds is 20. The van der Waals surface area contributed by atoms with Gasteiger partial charge >= 0.3 is 6.03 Å². The summed E-state index contributed by atoms with van der Waals surface area (Å²) in [5, 5.41) is 3.71. The maximum absolute atomic E-state index is 13.1. The van der Waals surface area contributed by atoms with Crippen LogP contribution in [0.4, 0.5) is 10.5 Å². The summed E-state index contributed by atoms with van der Waals surface area (Å²) in [6, 6.07) is 15.8. The van der Waals surface area contributed by atoms with Crippen LogP contribution in [0.25, 0.3) is 0 Å². The molecule has 0 spiro atoms. The Balaban J connectivity index is 1.59. The Morgan fingerprint density at radius 2 is 1.24 bits per heavy atom. The molecular weight excluding hydrogens is 476 g/mol. The molecular formula is C33H51ClN2O. The zero-order valence-corrected chi connectivity index (χ0v) is 24.3. The smallest absolute Gasteiger partial charge is 0.320 e. The number of anilines is 1. The number of amides is 2. The lowest BCUT2D eigenvalue weighted by Crippen LogP contribution is -2.35. The minimum absolute atomic E-state index is 0.0651. The molecule has 37 heavy (non-hydrogen) atoms. The van der Waals surface area contributed by atoms with Gasteiger partial charge in [0.1, 0.15) is 0 Å². The first-order chi connectivity index (χ1) is 18.1. The van der Waals surface area contributed by atoms with E-state index in [-0.39, 0.29) is 6.03 Å². The first-order valence-corrected chi connectivity index (χ1v) is 15.3. The van der Waals surface area contributed by atoms with Gasteiger partial charge in [0.25, 0.3) is 0 Å². The molecule has 206 valence electrons. The number of urea groups is 1. The number of unbranched alkanes of at least 4 members (excludes halogenated alkanes) is 15. The van der Waals surface area contributed by atoms with Gasteiger partial charge in [-0.1, -0.05) is 151 Å². The lowest BCUT2D eigenvalue weighted by atomic mass is 10.0. The molecule has 2 aromatic rings. The van der Waals surface area contributed by atoms with Gasteiger partial charge in [-0.2, -0.15) is 0 Å². The van der Waals surface area contributed by atoms with E-state index >= 15 is 0 Å². The molecule has 0 atom stereocenters. The van der Waals surface area contributed by atoms with E-state index in [0.29, 0.717) is 11.6 Å². The van der Waals surface area contributed by atoms with Gasteiger partial charge in [0.2, 0.25) is 0 Å². The molecule has 0 aliphatic rings. The van der Waals surface area contributed by atoms with Gasteiger partial charge in [0.15, 0.2) is 0 Å². The molecule has 0 heterocycles. The maximum atomic E-state index is 13.1. The summed E-state index contributed by atoms with van der Waals surface area (Å²) >= 11 is 6.25. The number of nitrogens with zero attached hydrogens (tertiary/aromatic N) is 1. The van der Waals surface area contributed by atoms with Crippen molar-refractivity contribution in [2.45, 2.75) is 123 Å². The molecule has 0 fully saturated rings. The van der Waals surface area contributed by atoms with E-state index in [1.165, 1.54) is 96.3 Å². The van der Waals surface area contributed by atoms with Crippen molar-refractivity contribution in [2.75, 3.05) is 11.9 Å². The zero-order valence-electron chi connectivity index (χ0n) is 23.6. The SMILES string of the molecule is CCCCCCCCCCCCCCCCCCN(Cc1ccccc1)C(=O)Nc1ccc(C)c(Cl)c1. The minimum atomic E-state index is -0.0651. The lowest BCUT2D eigenvalue weighted by molar-refractivity contribution is 0.207. The first-order valence-electron chi connectivity index (χ1n) is 15.0. The number of carbonyl (C=O) groups excluding carboxylic acids is 1. The van der Waals surface area contributed by atoms with E-state index in [0.717, 1.165) is 29.8 Å². The third-order valence-electron chi connectivity index (χ3n) is 7.21. The van der Waals surface area contributed by atoms with E-state index in [4.69, 9.17) is 11.6 Å². The van der Waals surface area contributed by atoms with Gasteiger partial charge in [-0.25, -0.2) is 4.79 Å². The van der Waals surface area contributed by atoms with Crippen LogP contribution >= 0.6 is 11.6 Å². The highest BCUT2D eigenvalue weighted by atomic mass is 35.5. The predicted molar refractivity (Wildman–Crippen MR) is 162 cm³/mol. The molecule has 2 rings (SSSR count). The normalized spacial score (nSPS) is 11.0. The van der Waals surface area contributed by atoms with Crippen molar-refractivity contribution in [1.82, 2.24) is 4.90 Å². The number of benzene rings is 2.